The van der Waals surface area contributed by atoms with Gasteiger partial charge in [0.1, 0.15) is 5.75 Å². The van der Waals surface area contributed by atoms with Crippen molar-refractivity contribution in [2.45, 2.75) is 38.5 Å². The molecule has 0 saturated heterocycles. The van der Waals surface area contributed by atoms with E-state index >= 15 is 0 Å². The van der Waals surface area contributed by atoms with Gasteiger partial charge in [-0.15, -0.1) is 0 Å². The summed E-state index contributed by atoms with van der Waals surface area (Å²) in [6, 6.07) is 25.5. The first-order chi connectivity index (χ1) is 14.8. The number of ether oxygens (including phenoxy) is 1. The molecule has 1 aliphatic carbocycles. The van der Waals surface area contributed by atoms with Gasteiger partial charge >= 0.3 is 0 Å². The lowest BCUT2D eigenvalue weighted by Gasteiger charge is -2.21. The van der Waals surface area contributed by atoms with Crippen molar-refractivity contribution in [1.29, 1.82) is 0 Å². The number of anilines is 1. The molecule has 3 aromatic rings. The lowest BCUT2D eigenvalue weighted by Crippen LogP contribution is -2.12. The largest absolute Gasteiger partial charge is 0.494 e. The van der Waals surface area contributed by atoms with Crippen molar-refractivity contribution in [1.82, 2.24) is 0 Å². The fraction of sp³-hybridized carbons (Fsp3) is 0.296. The molecule has 0 radical (unpaired) electrons. The summed E-state index contributed by atoms with van der Waals surface area (Å²) in [5.41, 5.74) is 3.65. The van der Waals surface area contributed by atoms with Crippen molar-refractivity contribution in [3.8, 4) is 16.9 Å². The first-order valence-electron chi connectivity index (χ1n) is 11.0. The van der Waals surface area contributed by atoms with Gasteiger partial charge in [-0.1, -0.05) is 74.6 Å². The van der Waals surface area contributed by atoms with E-state index in [-0.39, 0.29) is 5.91 Å². The van der Waals surface area contributed by atoms with Gasteiger partial charge in [-0.05, 0) is 59.9 Å². The van der Waals surface area contributed by atoms with Crippen LogP contribution >= 0.6 is 0 Å². The van der Waals surface area contributed by atoms with Gasteiger partial charge < -0.3 is 10.1 Å². The van der Waals surface area contributed by atoms with E-state index in [1.54, 1.807) is 0 Å². The summed E-state index contributed by atoms with van der Waals surface area (Å²) in [7, 11) is 0. The third kappa shape index (κ3) is 5.50. The minimum Gasteiger partial charge on any atom is -0.494 e. The van der Waals surface area contributed by atoms with Crippen LogP contribution in [0.5, 0.6) is 5.75 Å². The van der Waals surface area contributed by atoms with E-state index in [4.69, 9.17) is 4.74 Å². The van der Waals surface area contributed by atoms with E-state index in [0.29, 0.717) is 5.56 Å². The standard InChI is InChI=1S/C27H29NO2/c29-27(24-13-11-23(12-14-24)22-9-5-2-6-10-22)28-25-15-17-26(18-16-25)30-20-19-21-7-3-1-4-8-21/h2,5-6,9-18,21H,1,3-4,7-8,19-20H2,(H,28,29). The number of rotatable bonds is 7. The maximum atomic E-state index is 12.6. The lowest BCUT2D eigenvalue weighted by atomic mass is 9.87. The summed E-state index contributed by atoms with van der Waals surface area (Å²) in [6.07, 6.45) is 7.96. The molecule has 1 amide bonds. The molecule has 154 valence electrons. The second-order valence-corrected chi connectivity index (χ2v) is 8.06. The summed E-state index contributed by atoms with van der Waals surface area (Å²) in [5, 5.41) is 2.96. The molecule has 0 unspecified atom stereocenters. The van der Waals surface area contributed by atoms with E-state index in [2.05, 4.69) is 17.4 Å². The molecule has 3 aromatic carbocycles. The van der Waals surface area contributed by atoms with Crippen molar-refractivity contribution in [2.24, 2.45) is 5.92 Å². The van der Waals surface area contributed by atoms with Gasteiger partial charge in [0.25, 0.3) is 5.91 Å². The number of benzene rings is 3. The van der Waals surface area contributed by atoms with E-state index in [9.17, 15) is 4.79 Å². The number of hydrogen-bond donors (Lipinski definition) is 1. The van der Waals surface area contributed by atoms with Gasteiger partial charge in [0, 0.05) is 11.3 Å². The Labute approximate surface area is 179 Å². The number of carbonyl (C=O) groups excluding carboxylic acids is 1. The van der Waals surface area contributed by atoms with Gasteiger partial charge in [-0.3, -0.25) is 4.79 Å². The molecule has 3 heteroatoms. The molecule has 1 aliphatic rings. The smallest absolute Gasteiger partial charge is 0.255 e. The molecule has 30 heavy (non-hydrogen) atoms. The molecule has 0 aliphatic heterocycles. The average Bonchev–Trinajstić information content (AvgIpc) is 2.81. The van der Waals surface area contributed by atoms with Crippen LogP contribution < -0.4 is 10.1 Å². The molecule has 0 aromatic heterocycles. The first kappa shape index (κ1) is 20.2. The first-order valence-corrected chi connectivity index (χ1v) is 11.0. The Morgan fingerprint density at radius 3 is 2.17 bits per heavy atom. The van der Waals surface area contributed by atoms with Crippen LogP contribution in [0.2, 0.25) is 0 Å². The van der Waals surface area contributed by atoms with Crippen LogP contribution in [0.15, 0.2) is 78.9 Å². The normalized spacial score (nSPS) is 14.3. The maximum absolute atomic E-state index is 12.6. The van der Waals surface area contributed by atoms with E-state index in [0.717, 1.165) is 41.5 Å². The lowest BCUT2D eigenvalue weighted by molar-refractivity contribution is 0.102. The molecule has 1 N–H and O–H groups in total. The van der Waals surface area contributed by atoms with Crippen LogP contribution in [-0.2, 0) is 0 Å². The number of nitrogens with one attached hydrogen (secondary N) is 1. The zero-order chi connectivity index (χ0) is 20.6. The molecular weight excluding hydrogens is 370 g/mol. The van der Waals surface area contributed by atoms with Gasteiger partial charge in [-0.25, -0.2) is 0 Å². The van der Waals surface area contributed by atoms with E-state index < -0.39 is 0 Å². The molecule has 3 nitrogen and oxygen atoms in total. The third-order valence-corrected chi connectivity index (χ3v) is 5.89. The van der Waals surface area contributed by atoms with Crippen molar-refractivity contribution < 1.29 is 9.53 Å². The SMILES string of the molecule is O=C(Nc1ccc(OCCC2CCCCC2)cc1)c1ccc(-c2ccccc2)cc1. The highest BCUT2D eigenvalue weighted by Crippen LogP contribution is 2.26. The summed E-state index contributed by atoms with van der Waals surface area (Å²) < 4.78 is 5.90. The van der Waals surface area contributed by atoms with Crippen LogP contribution in [0, 0.1) is 5.92 Å². The van der Waals surface area contributed by atoms with Crippen LogP contribution in [-0.4, -0.2) is 12.5 Å². The monoisotopic (exact) mass is 399 g/mol. The van der Waals surface area contributed by atoms with Gasteiger partial charge in [0.2, 0.25) is 0 Å². The molecule has 0 bridgehead atoms. The Morgan fingerprint density at radius 1 is 0.800 bits per heavy atom. The van der Waals surface area contributed by atoms with Gasteiger partial charge in [-0.2, -0.15) is 0 Å². The highest BCUT2D eigenvalue weighted by molar-refractivity contribution is 6.04. The fourth-order valence-corrected chi connectivity index (χ4v) is 4.10. The minimum absolute atomic E-state index is 0.111. The van der Waals surface area contributed by atoms with E-state index in [1.807, 2.05) is 66.7 Å². The van der Waals surface area contributed by atoms with Gasteiger partial charge in [0.15, 0.2) is 0 Å². The van der Waals surface area contributed by atoms with Crippen molar-refractivity contribution in [3.05, 3.63) is 84.4 Å². The summed E-state index contributed by atoms with van der Waals surface area (Å²) in [4.78, 5) is 12.6. The molecular formula is C27H29NO2. The molecule has 0 spiro atoms. The van der Waals surface area contributed by atoms with Gasteiger partial charge in [0.05, 0.1) is 6.61 Å². The van der Waals surface area contributed by atoms with Crippen molar-refractivity contribution in [3.63, 3.8) is 0 Å². The zero-order valence-electron chi connectivity index (χ0n) is 17.3. The minimum atomic E-state index is -0.111. The molecule has 4 rings (SSSR count). The van der Waals surface area contributed by atoms with Crippen LogP contribution in [0.25, 0.3) is 11.1 Å². The van der Waals surface area contributed by atoms with Crippen LogP contribution in [0.4, 0.5) is 5.69 Å². The Hall–Kier alpha value is -3.07. The highest BCUT2D eigenvalue weighted by Gasteiger charge is 2.13. The molecule has 0 atom stereocenters. The molecule has 1 fully saturated rings. The summed E-state index contributed by atoms with van der Waals surface area (Å²) >= 11 is 0. The van der Waals surface area contributed by atoms with Crippen molar-refractivity contribution in [2.75, 3.05) is 11.9 Å². The predicted octanol–water partition coefficient (Wildman–Crippen LogP) is 6.96. The zero-order valence-corrected chi connectivity index (χ0v) is 17.3. The number of hydrogen-bond acceptors (Lipinski definition) is 2. The summed E-state index contributed by atoms with van der Waals surface area (Å²) in [5.74, 6) is 1.57. The molecule has 0 heterocycles. The average molecular weight is 400 g/mol. The quantitative estimate of drug-likeness (QED) is 0.466. The van der Waals surface area contributed by atoms with Crippen LogP contribution in [0.3, 0.4) is 0 Å². The maximum Gasteiger partial charge on any atom is 0.255 e. The van der Waals surface area contributed by atoms with Crippen LogP contribution in [0.1, 0.15) is 48.9 Å². The topological polar surface area (TPSA) is 38.3 Å². The Balaban J connectivity index is 1.28. The van der Waals surface area contributed by atoms with E-state index in [1.165, 1.54) is 32.1 Å². The number of carbonyl (C=O) groups is 1. The summed E-state index contributed by atoms with van der Waals surface area (Å²) in [6.45, 7) is 0.768. The Kier molecular flexibility index (Phi) is 6.81. The number of amides is 1. The fourth-order valence-electron chi connectivity index (χ4n) is 4.10. The Morgan fingerprint density at radius 2 is 1.47 bits per heavy atom. The Bertz CT molecular complexity index is 927. The van der Waals surface area contributed by atoms with Crippen molar-refractivity contribution >= 4 is 11.6 Å². The third-order valence-electron chi connectivity index (χ3n) is 5.89. The molecule has 1 saturated carbocycles. The predicted molar refractivity (Wildman–Crippen MR) is 123 cm³/mol. The second kappa shape index (κ2) is 10.1. The second-order valence-electron chi connectivity index (χ2n) is 8.06. The highest BCUT2D eigenvalue weighted by atomic mass is 16.5.